The van der Waals surface area contributed by atoms with Gasteiger partial charge in [-0.05, 0) is 54.2 Å². The number of benzene rings is 3. The van der Waals surface area contributed by atoms with E-state index < -0.39 is 0 Å². The molecule has 1 heterocycles. The van der Waals surface area contributed by atoms with Crippen LogP contribution in [0.1, 0.15) is 19.4 Å². The molecular weight excluding hydrogens is 346 g/mol. The Hall–Kier alpha value is -3.11. The average molecular weight is 371 g/mol. The maximum atomic E-state index is 10.3. The third kappa shape index (κ3) is 3.51. The molecule has 4 heteroatoms. The largest absolute Gasteiger partial charge is 0.508 e. The first-order valence-corrected chi connectivity index (χ1v) is 9.77. The lowest BCUT2D eigenvalue weighted by molar-refractivity contribution is 0.291. The van der Waals surface area contributed by atoms with Crippen LogP contribution in [0.3, 0.4) is 0 Å². The van der Waals surface area contributed by atoms with Crippen LogP contribution in [0, 0.1) is 0 Å². The fraction of sp³-hybridized carbons (Fsp3) is 0.208. The van der Waals surface area contributed by atoms with E-state index in [9.17, 15) is 5.11 Å². The van der Waals surface area contributed by atoms with Crippen LogP contribution in [0.4, 0.5) is 11.4 Å². The summed E-state index contributed by atoms with van der Waals surface area (Å²) in [5.74, 6) is 0.336. The van der Waals surface area contributed by atoms with Crippen LogP contribution >= 0.6 is 0 Å². The minimum absolute atomic E-state index is 0.336. The molecule has 2 N–H and O–H groups in total. The van der Waals surface area contributed by atoms with Gasteiger partial charge in [0.25, 0.3) is 0 Å². The van der Waals surface area contributed by atoms with E-state index in [0.29, 0.717) is 5.75 Å². The SMILES string of the molecule is CCN(CC)Cc1cc(Nc2ccnc3ccc4ccccc4c23)ccc1O. The standard InChI is InChI=1S/C24H25N3O/c1-3-27(4-2)16-18-15-19(10-12-23(18)28)26-22-13-14-25-21-11-9-17-7-5-6-8-20(17)24(21)22/h5-15,28H,3-4,16H2,1-2H3,(H,25,26). The number of rotatable bonds is 6. The molecule has 4 rings (SSSR count). The molecule has 0 spiro atoms. The number of fused-ring (bicyclic) bond motifs is 3. The zero-order valence-corrected chi connectivity index (χ0v) is 16.3. The van der Waals surface area contributed by atoms with E-state index >= 15 is 0 Å². The molecule has 0 radical (unpaired) electrons. The number of phenolic OH excluding ortho intramolecular Hbond substituents is 1. The van der Waals surface area contributed by atoms with Crippen molar-refractivity contribution in [2.24, 2.45) is 0 Å². The third-order valence-corrected chi connectivity index (χ3v) is 5.28. The lowest BCUT2D eigenvalue weighted by Gasteiger charge is -2.19. The molecule has 0 amide bonds. The zero-order valence-electron chi connectivity index (χ0n) is 16.3. The number of nitrogens with zero attached hydrogens (tertiary/aromatic N) is 2. The number of nitrogens with one attached hydrogen (secondary N) is 1. The number of hydrogen-bond acceptors (Lipinski definition) is 4. The van der Waals surface area contributed by atoms with E-state index in [-0.39, 0.29) is 0 Å². The monoisotopic (exact) mass is 371 g/mol. The van der Waals surface area contributed by atoms with E-state index in [2.05, 4.69) is 65.4 Å². The molecule has 0 aliphatic carbocycles. The van der Waals surface area contributed by atoms with Crippen molar-refractivity contribution in [1.29, 1.82) is 0 Å². The van der Waals surface area contributed by atoms with Crippen LogP contribution in [-0.2, 0) is 6.54 Å². The second-order valence-electron chi connectivity index (χ2n) is 6.97. The van der Waals surface area contributed by atoms with E-state index in [1.807, 2.05) is 24.4 Å². The number of anilines is 2. The van der Waals surface area contributed by atoms with Gasteiger partial charge in [0.1, 0.15) is 5.75 Å². The average Bonchev–Trinajstić information content (AvgIpc) is 2.74. The van der Waals surface area contributed by atoms with E-state index in [1.165, 1.54) is 10.8 Å². The highest BCUT2D eigenvalue weighted by molar-refractivity contribution is 6.12. The Balaban J connectivity index is 1.75. The highest BCUT2D eigenvalue weighted by Crippen LogP contribution is 2.33. The highest BCUT2D eigenvalue weighted by Gasteiger charge is 2.10. The molecule has 0 aliphatic rings. The second kappa shape index (κ2) is 7.87. The van der Waals surface area contributed by atoms with Crippen molar-refractivity contribution < 1.29 is 5.11 Å². The quantitative estimate of drug-likeness (QED) is 0.338. The van der Waals surface area contributed by atoms with Crippen LogP contribution in [0.5, 0.6) is 5.75 Å². The topological polar surface area (TPSA) is 48.4 Å². The molecule has 0 unspecified atom stereocenters. The Morgan fingerprint density at radius 1 is 0.964 bits per heavy atom. The second-order valence-corrected chi connectivity index (χ2v) is 6.97. The molecule has 1 aromatic heterocycles. The number of pyridine rings is 1. The summed E-state index contributed by atoms with van der Waals surface area (Å²) in [4.78, 5) is 6.83. The molecule has 0 aliphatic heterocycles. The Bertz CT molecular complexity index is 1120. The van der Waals surface area contributed by atoms with E-state index in [0.717, 1.165) is 47.5 Å². The van der Waals surface area contributed by atoms with Gasteiger partial charge in [-0.3, -0.25) is 9.88 Å². The van der Waals surface area contributed by atoms with Crippen molar-refractivity contribution >= 4 is 33.1 Å². The molecule has 0 fully saturated rings. The van der Waals surface area contributed by atoms with Gasteiger partial charge in [0.05, 0.1) is 11.2 Å². The summed E-state index contributed by atoms with van der Waals surface area (Å²) in [5, 5.41) is 17.3. The van der Waals surface area contributed by atoms with Crippen molar-refractivity contribution in [3.8, 4) is 5.75 Å². The van der Waals surface area contributed by atoms with Gasteiger partial charge in [-0.2, -0.15) is 0 Å². The molecule has 4 aromatic rings. The van der Waals surface area contributed by atoms with Gasteiger partial charge in [0, 0.05) is 29.4 Å². The molecular formula is C24H25N3O. The van der Waals surface area contributed by atoms with Crippen LogP contribution < -0.4 is 5.32 Å². The summed E-state index contributed by atoms with van der Waals surface area (Å²) in [6, 6.07) is 20.3. The number of phenols is 1. The fourth-order valence-corrected chi connectivity index (χ4v) is 3.66. The van der Waals surface area contributed by atoms with Gasteiger partial charge in [-0.25, -0.2) is 0 Å². The minimum atomic E-state index is 0.336. The highest BCUT2D eigenvalue weighted by atomic mass is 16.3. The summed E-state index contributed by atoms with van der Waals surface area (Å²) in [5.41, 5.74) is 3.87. The van der Waals surface area contributed by atoms with Crippen LogP contribution in [-0.4, -0.2) is 28.1 Å². The van der Waals surface area contributed by atoms with Crippen molar-refractivity contribution in [2.45, 2.75) is 20.4 Å². The summed E-state index contributed by atoms with van der Waals surface area (Å²) in [7, 11) is 0. The Labute approximate surface area is 165 Å². The van der Waals surface area contributed by atoms with Crippen molar-refractivity contribution in [3.63, 3.8) is 0 Å². The summed E-state index contributed by atoms with van der Waals surface area (Å²) in [6.07, 6.45) is 1.83. The van der Waals surface area contributed by atoms with Crippen molar-refractivity contribution in [2.75, 3.05) is 18.4 Å². The van der Waals surface area contributed by atoms with Crippen molar-refractivity contribution in [3.05, 3.63) is 72.4 Å². The molecule has 3 aromatic carbocycles. The molecule has 0 bridgehead atoms. The van der Waals surface area contributed by atoms with Crippen LogP contribution in [0.15, 0.2) is 66.9 Å². The van der Waals surface area contributed by atoms with E-state index in [1.54, 1.807) is 6.07 Å². The third-order valence-electron chi connectivity index (χ3n) is 5.28. The van der Waals surface area contributed by atoms with Crippen molar-refractivity contribution in [1.82, 2.24) is 9.88 Å². The van der Waals surface area contributed by atoms with Crippen LogP contribution in [0.2, 0.25) is 0 Å². The van der Waals surface area contributed by atoms with E-state index in [4.69, 9.17) is 0 Å². The molecule has 0 saturated heterocycles. The number of aromatic hydroxyl groups is 1. The smallest absolute Gasteiger partial charge is 0.120 e. The first kappa shape index (κ1) is 18.3. The van der Waals surface area contributed by atoms with Gasteiger partial charge in [0.2, 0.25) is 0 Å². The molecule has 28 heavy (non-hydrogen) atoms. The maximum absolute atomic E-state index is 10.3. The first-order valence-electron chi connectivity index (χ1n) is 9.77. The predicted octanol–water partition coefficient (Wildman–Crippen LogP) is 5.68. The fourth-order valence-electron chi connectivity index (χ4n) is 3.66. The Morgan fingerprint density at radius 3 is 2.61 bits per heavy atom. The van der Waals surface area contributed by atoms with Gasteiger partial charge >= 0.3 is 0 Å². The molecule has 0 saturated carbocycles. The molecule has 0 atom stereocenters. The lowest BCUT2D eigenvalue weighted by atomic mass is 10.0. The Kier molecular flexibility index (Phi) is 5.13. The normalized spacial score (nSPS) is 11.4. The number of hydrogen-bond donors (Lipinski definition) is 2. The van der Waals surface area contributed by atoms with Gasteiger partial charge in [-0.1, -0.05) is 44.2 Å². The zero-order chi connectivity index (χ0) is 19.5. The van der Waals surface area contributed by atoms with Gasteiger partial charge in [0.15, 0.2) is 0 Å². The first-order chi connectivity index (χ1) is 13.7. The minimum Gasteiger partial charge on any atom is -0.508 e. The molecule has 4 nitrogen and oxygen atoms in total. The predicted molar refractivity (Wildman–Crippen MR) is 117 cm³/mol. The Morgan fingerprint density at radius 2 is 1.79 bits per heavy atom. The van der Waals surface area contributed by atoms with Gasteiger partial charge < -0.3 is 10.4 Å². The van der Waals surface area contributed by atoms with Crippen LogP contribution in [0.25, 0.3) is 21.7 Å². The number of aromatic nitrogens is 1. The van der Waals surface area contributed by atoms with Gasteiger partial charge in [-0.15, -0.1) is 0 Å². The molecule has 142 valence electrons. The maximum Gasteiger partial charge on any atom is 0.120 e. The lowest BCUT2D eigenvalue weighted by Crippen LogP contribution is -2.22. The summed E-state index contributed by atoms with van der Waals surface area (Å²) in [6.45, 7) is 6.91. The summed E-state index contributed by atoms with van der Waals surface area (Å²) < 4.78 is 0. The summed E-state index contributed by atoms with van der Waals surface area (Å²) >= 11 is 0.